The first-order valence-corrected chi connectivity index (χ1v) is 11.1. The first kappa shape index (κ1) is 21.5. The van der Waals surface area contributed by atoms with Crippen LogP contribution in [0, 0.1) is 23.1 Å². The average Bonchev–Trinajstić information content (AvgIpc) is 2.81. The van der Waals surface area contributed by atoms with Crippen molar-refractivity contribution < 1.29 is 13.9 Å². The monoisotopic (exact) mass is 420 g/mol. The molecule has 1 aliphatic carbocycles. The maximum atomic E-state index is 13.6. The Balaban J connectivity index is 1.50. The molecule has 2 unspecified atom stereocenters. The fourth-order valence-electron chi connectivity index (χ4n) is 5.30. The summed E-state index contributed by atoms with van der Waals surface area (Å²) < 4.78 is 19.4. The molecular formula is C26H29FN2O2. The Morgan fingerprint density at radius 2 is 1.74 bits per heavy atom. The Hall–Kier alpha value is -2.71. The second kappa shape index (κ2) is 8.80. The summed E-state index contributed by atoms with van der Waals surface area (Å²) in [5, 5.41) is 13.3. The van der Waals surface area contributed by atoms with Crippen molar-refractivity contribution in [3.8, 4) is 6.07 Å². The highest BCUT2D eigenvalue weighted by molar-refractivity contribution is 5.84. The van der Waals surface area contributed by atoms with Crippen molar-refractivity contribution in [3.63, 3.8) is 0 Å². The summed E-state index contributed by atoms with van der Waals surface area (Å²) in [5.74, 6) is -0.331. The molecule has 0 radical (unpaired) electrons. The molecule has 5 heteroatoms. The van der Waals surface area contributed by atoms with Gasteiger partial charge < -0.3 is 10.1 Å². The fourth-order valence-corrected chi connectivity index (χ4v) is 5.30. The second-order valence-electron chi connectivity index (χ2n) is 9.00. The third kappa shape index (κ3) is 3.97. The highest BCUT2D eigenvalue weighted by Gasteiger charge is 2.49. The number of piperidine rings is 1. The molecule has 162 valence electrons. The zero-order valence-electron chi connectivity index (χ0n) is 17.9. The Morgan fingerprint density at radius 3 is 2.35 bits per heavy atom. The van der Waals surface area contributed by atoms with Crippen LogP contribution in [-0.4, -0.2) is 25.2 Å². The molecule has 0 aromatic heterocycles. The van der Waals surface area contributed by atoms with Gasteiger partial charge in [0, 0.05) is 0 Å². The zero-order valence-corrected chi connectivity index (χ0v) is 17.9. The van der Waals surface area contributed by atoms with Crippen molar-refractivity contribution in [2.24, 2.45) is 5.92 Å². The summed E-state index contributed by atoms with van der Waals surface area (Å²) in [6, 6.07) is 18.6. The maximum Gasteiger partial charge on any atom is 0.317 e. The molecule has 1 heterocycles. The summed E-state index contributed by atoms with van der Waals surface area (Å²) in [4.78, 5) is 13.6. The lowest BCUT2D eigenvalue weighted by Gasteiger charge is -2.43. The Bertz CT molecular complexity index is 946. The lowest BCUT2D eigenvalue weighted by Crippen LogP contribution is -2.53. The van der Waals surface area contributed by atoms with Gasteiger partial charge in [0.1, 0.15) is 11.9 Å². The number of nitrogens with zero attached hydrogens (tertiary/aromatic N) is 1. The summed E-state index contributed by atoms with van der Waals surface area (Å²) in [5.41, 5.74) is 0.569. The van der Waals surface area contributed by atoms with Crippen molar-refractivity contribution in [1.29, 1.82) is 5.26 Å². The molecule has 0 bridgehead atoms. The van der Waals surface area contributed by atoms with Crippen molar-refractivity contribution >= 4 is 5.97 Å². The van der Waals surface area contributed by atoms with Gasteiger partial charge in [0.05, 0.1) is 16.9 Å². The summed E-state index contributed by atoms with van der Waals surface area (Å²) >= 11 is 0. The normalized spacial score (nSPS) is 30.9. The van der Waals surface area contributed by atoms with Crippen molar-refractivity contribution in [2.75, 3.05) is 13.1 Å². The number of nitriles is 1. The number of rotatable bonds is 4. The molecule has 1 N–H and O–H groups in total. The van der Waals surface area contributed by atoms with E-state index in [2.05, 4.69) is 18.3 Å². The van der Waals surface area contributed by atoms with Gasteiger partial charge in [-0.15, -0.1) is 0 Å². The quantitative estimate of drug-likeness (QED) is 0.732. The summed E-state index contributed by atoms with van der Waals surface area (Å²) in [6.45, 7) is 3.66. The van der Waals surface area contributed by atoms with Gasteiger partial charge in [-0.25, -0.2) is 4.39 Å². The molecule has 2 aliphatic rings. The van der Waals surface area contributed by atoms with Crippen LogP contribution < -0.4 is 5.32 Å². The van der Waals surface area contributed by atoms with Crippen LogP contribution in [0.25, 0.3) is 0 Å². The van der Waals surface area contributed by atoms with Gasteiger partial charge in [-0.05, 0) is 74.4 Å². The van der Waals surface area contributed by atoms with E-state index in [-0.39, 0.29) is 23.8 Å². The van der Waals surface area contributed by atoms with E-state index in [1.54, 1.807) is 12.1 Å². The number of hydrogen-bond donors (Lipinski definition) is 1. The summed E-state index contributed by atoms with van der Waals surface area (Å²) in [7, 11) is 0. The predicted octanol–water partition coefficient (Wildman–Crippen LogP) is 4.64. The highest BCUT2D eigenvalue weighted by Crippen LogP contribution is 2.43. The molecule has 4 rings (SSSR count). The number of nitrogens with one attached hydrogen (secondary N) is 1. The van der Waals surface area contributed by atoms with E-state index in [1.165, 1.54) is 12.1 Å². The molecular weight excluding hydrogens is 391 g/mol. The molecule has 2 fully saturated rings. The molecule has 31 heavy (non-hydrogen) atoms. The SMILES string of the molecule is CC1CNCCC1(C(=O)OC1CCC(C#N)(c2ccc(F)cc2)CC1)c1ccccc1. The van der Waals surface area contributed by atoms with Gasteiger partial charge in [0.25, 0.3) is 0 Å². The largest absolute Gasteiger partial charge is 0.462 e. The number of carbonyl (C=O) groups is 1. The van der Waals surface area contributed by atoms with E-state index in [9.17, 15) is 14.4 Å². The van der Waals surface area contributed by atoms with E-state index in [1.807, 2.05) is 30.3 Å². The number of halogens is 1. The highest BCUT2D eigenvalue weighted by atomic mass is 19.1. The van der Waals surface area contributed by atoms with Crippen molar-refractivity contribution in [1.82, 2.24) is 5.32 Å². The molecule has 0 spiro atoms. The van der Waals surface area contributed by atoms with E-state index < -0.39 is 10.8 Å². The minimum Gasteiger partial charge on any atom is -0.462 e. The number of benzene rings is 2. The molecule has 4 nitrogen and oxygen atoms in total. The Morgan fingerprint density at radius 1 is 1.06 bits per heavy atom. The average molecular weight is 421 g/mol. The van der Waals surface area contributed by atoms with Gasteiger partial charge in [-0.3, -0.25) is 4.79 Å². The zero-order chi connectivity index (χ0) is 21.9. The lowest BCUT2D eigenvalue weighted by atomic mass is 9.66. The van der Waals surface area contributed by atoms with E-state index in [4.69, 9.17) is 4.74 Å². The van der Waals surface area contributed by atoms with Gasteiger partial charge >= 0.3 is 5.97 Å². The first-order chi connectivity index (χ1) is 15.0. The third-order valence-corrected chi connectivity index (χ3v) is 7.31. The Kier molecular flexibility index (Phi) is 6.11. The minimum absolute atomic E-state index is 0.122. The fraction of sp³-hybridized carbons (Fsp3) is 0.462. The molecule has 1 saturated carbocycles. The predicted molar refractivity (Wildman–Crippen MR) is 117 cm³/mol. The van der Waals surface area contributed by atoms with Gasteiger partial charge in [0.2, 0.25) is 0 Å². The van der Waals surface area contributed by atoms with E-state index in [0.717, 1.165) is 24.2 Å². The van der Waals surface area contributed by atoms with Gasteiger partial charge in [-0.1, -0.05) is 49.4 Å². The van der Waals surface area contributed by atoms with E-state index >= 15 is 0 Å². The lowest BCUT2D eigenvalue weighted by molar-refractivity contribution is -0.161. The van der Waals surface area contributed by atoms with Crippen molar-refractivity contribution in [3.05, 3.63) is 71.5 Å². The minimum atomic E-state index is -0.646. The third-order valence-electron chi connectivity index (χ3n) is 7.31. The number of esters is 1. The smallest absolute Gasteiger partial charge is 0.317 e. The molecule has 2 aromatic carbocycles. The van der Waals surface area contributed by atoms with Crippen LogP contribution in [0.2, 0.25) is 0 Å². The molecule has 0 amide bonds. The second-order valence-corrected chi connectivity index (χ2v) is 9.00. The summed E-state index contributed by atoms with van der Waals surface area (Å²) in [6.07, 6.45) is 2.98. The van der Waals surface area contributed by atoms with Crippen LogP contribution in [0.5, 0.6) is 0 Å². The van der Waals surface area contributed by atoms with Crippen LogP contribution in [0.3, 0.4) is 0 Å². The molecule has 1 aliphatic heterocycles. The van der Waals surface area contributed by atoms with Gasteiger partial charge in [0.15, 0.2) is 0 Å². The molecule has 2 atom stereocenters. The van der Waals surface area contributed by atoms with E-state index in [0.29, 0.717) is 32.1 Å². The van der Waals surface area contributed by atoms with Crippen molar-refractivity contribution in [2.45, 2.75) is 56.0 Å². The number of hydrogen-bond acceptors (Lipinski definition) is 4. The first-order valence-electron chi connectivity index (χ1n) is 11.1. The van der Waals surface area contributed by atoms with Crippen LogP contribution in [0.1, 0.15) is 50.2 Å². The van der Waals surface area contributed by atoms with Crippen LogP contribution in [0.4, 0.5) is 4.39 Å². The standard InChI is InChI=1S/C26H29FN2O2/c1-19-17-29-16-15-26(19,21-5-3-2-4-6-21)24(30)31-23-11-13-25(18-28,14-12-23)20-7-9-22(27)10-8-20/h2-10,19,23,29H,11-17H2,1H3. The Labute approximate surface area is 183 Å². The number of ether oxygens (including phenoxy) is 1. The topological polar surface area (TPSA) is 62.1 Å². The van der Waals surface area contributed by atoms with Crippen LogP contribution in [-0.2, 0) is 20.4 Å². The molecule has 1 saturated heterocycles. The van der Waals surface area contributed by atoms with Gasteiger partial charge in [-0.2, -0.15) is 5.26 Å². The van der Waals surface area contributed by atoms with Crippen LogP contribution >= 0.6 is 0 Å². The van der Waals surface area contributed by atoms with Crippen LogP contribution in [0.15, 0.2) is 54.6 Å². The molecule has 2 aromatic rings. The number of carbonyl (C=O) groups excluding carboxylic acids is 1. The maximum absolute atomic E-state index is 13.6.